The van der Waals surface area contributed by atoms with Gasteiger partial charge in [0.05, 0.1) is 38.3 Å². The summed E-state index contributed by atoms with van der Waals surface area (Å²) in [4.78, 5) is 49.5. The highest BCUT2D eigenvalue weighted by molar-refractivity contribution is 9.10. The normalized spacial score (nSPS) is 19.1. The Labute approximate surface area is 262 Å². The molecule has 2 aromatic rings. The van der Waals surface area contributed by atoms with Crippen molar-refractivity contribution in [2.45, 2.75) is 37.5 Å². The molecule has 0 bridgehead atoms. The van der Waals surface area contributed by atoms with E-state index in [1.807, 2.05) is 48.5 Å². The second kappa shape index (κ2) is 17.0. The molecule has 1 fully saturated rings. The van der Waals surface area contributed by atoms with Gasteiger partial charge in [-0.2, -0.15) is 0 Å². The van der Waals surface area contributed by atoms with Gasteiger partial charge in [-0.1, -0.05) is 69.3 Å². The zero-order chi connectivity index (χ0) is 30.5. The fraction of sp³-hybridized carbons (Fsp3) is 0.375. The van der Waals surface area contributed by atoms with Crippen molar-refractivity contribution in [3.05, 3.63) is 93.9 Å². The van der Waals surface area contributed by atoms with E-state index >= 15 is 0 Å². The van der Waals surface area contributed by atoms with Crippen LogP contribution in [0.2, 0.25) is 0 Å². The summed E-state index contributed by atoms with van der Waals surface area (Å²) < 4.78 is 23.0. The van der Waals surface area contributed by atoms with Crippen LogP contribution in [0.1, 0.15) is 48.6 Å². The van der Waals surface area contributed by atoms with Crippen LogP contribution in [0.5, 0.6) is 0 Å². The van der Waals surface area contributed by atoms with Gasteiger partial charge in [-0.15, -0.1) is 0 Å². The standard InChI is InChI=1S/C32H34Br2O8/c1-3-25(35)39-17-5-7-19-41-31(37)29-27(21-9-13-23(33)14-10-21)28(22-11-15-24(34)16-12-22)30(29)32(38)42-20-8-6-18-40-26(36)4-2/h3-4,9-16,27-30H,1-2,5-8,17-20H2/t27-,28+,29+,30-. The summed E-state index contributed by atoms with van der Waals surface area (Å²) in [5.41, 5.74) is 1.83. The van der Waals surface area contributed by atoms with Crippen LogP contribution in [-0.4, -0.2) is 50.3 Å². The third kappa shape index (κ3) is 9.39. The number of hydrogen-bond donors (Lipinski definition) is 0. The first-order valence-electron chi connectivity index (χ1n) is 13.7. The smallest absolute Gasteiger partial charge is 0.330 e. The average molecular weight is 706 g/mol. The second-order valence-corrected chi connectivity index (χ2v) is 11.5. The van der Waals surface area contributed by atoms with Crippen molar-refractivity contribution in [3.8, 4) is 0 Å². The van der Waals surface area contributed by atoms with E-state index in [1.54, 1.807) is 0 Å². The maximum Gasteiger partial charge on any atom is 0.330 e. The molecule has 0 aromatic heterocycles. The first-order valence-corrected chi connectivity index (χ1v) is 15.3. The van der Waals surface area contributed by atoms with Gasteiger partial charge in [0, 0.05) is 32.9 Å². The molecule has 4 atom stereocenters. The van der Waals surface area contributed by atoms with E-state index in [0.29, 0.717) is 25.7 Å². The molecule has 1 saturated carbocycles. The third-order valence-corrected chi connectivity index (χ3v) is 8.05. The van der Waals surface area contributed by atoms with Crippen molar-refractivity contribution in [1.29, 1.82) is 0 Å². The van der Waals surface area contributed by atoms with Crippen LogP contribution in [0, 0.1) is 11.8 Å². The molecule has 0 aliphatic heterocycles. The highest BCUT2D eigenvalue weighted by atomic mass is 79.9. The van der Waals surface area contributed by atoms with Gasteiger partial charge in [0.15, 0.2) is 0 Å². The van der Waals surface area contributed by atoms with Crippen molar-refractivity contribution in [2.24, 2.45) is 11.8 Å². The lowest BCUT2D eigenvalue weighted by Gasteiger charge is -2.49. The van der Waals surface area contributed by atoms with Crippen LogP contribution < -0.4 is 0 Å². The summed E-state index contributed by atoms with van der Waals surface area (Å²) in [6.07, 6.45) is 4.21. The van der Waals surface area contributed by atoms with Crippen molar-refractivity contribution in [1.82, 2.24) is 0 Å². The molecule has 0 N–H and O–H groups in total. The maximum atomic E-state index is 13.5. The number of halogens is 2. The first kappa shape index (κ1) is 33.3. The zero-order valence-electron chi connectivity index (χ0n) is 23.2. The largest absolute Gasteiger partial charge is 0.465 e. The predicted molar refractivity (Wildman–Crippen MR) is 163 cm³/mol. The Morgan fingerprint density at radius 3 is 1.19 bits per heavy atom. The van der Waals surface area contributed by atoms with Crippen LogP contribution in [0.3, 0.4) is 0 Å². The molecule has 10 heteroatoms. The Bertz CT molecular complexity index is 1140. The number of unbranched alkanes of at least 4 members (excludes halogenated alkanes) is 2. The zero-order valence-corrected chi connectivity index (χ0v) is 26.3. The molecule has 8 nitrogen and oxygen atoms in total. The second-order valence-electron chi connectivity index (χ2n) is 9.70. The summed E-state index contributed by atoms with van der Waals surface area (Å²) in [5, 5.41) is 0. The molecule has 224 valence electrons. The monoisotopic (exact) mass is 704 g/mol. The molecular formula is C32H34Br2O8. The molecule has 0 spiro atoms. The first-order chi connectivity index (χ1) is 20.3. The highest BCUT2D eigenvalue weighted by Crippen LogP contribution is 2.58. The number of rotatable bonds is 16. The third-order valence-electron chi connectivity index (χ3n) is 6.99. The lowest BCUT2D eigenvalue weighted by atomic mass is 9.52. The fourth-order valence-electron chi connectivity index (χ4n) is 4.94. The molecule has 3 rings (SSSR count). The van der Waals surface area contributed by atoms with Crippen molar-refractivity contribution in [2.75, 3.05) is 26.4 Å². The minimum atomic E-state index is -0.750. The van der Waals surface area contributed by atoms with E-state index in [0.717, 1.165) is 32.2 Å². The quantitative estimate of drug-likeness (QED) is 0.0852. The van der Waals surface area contributed by atoms with Gasteiger partial charge in [0.25, 0.3) is 0 Å². The average Bonchev–Trinajstić information content (AvgIpc) is 2.97. The van der Waals surface area contributed by atoms with Gasteiger partial charge < -0.3 is 18.9 Å². The van der Waals surface area contributed by atoms with Gasteiger partial charge in [0.1, 0.15) is 0 Å². The van der Waals surface area contributed by atoms with Crippen molar-refractivity contribution < 1.29 is 38.1 Å². The van der Waals surface area contributed by atoms with Gasteiger partial charge in [-0.3, -0.25) is 9.59 Å². The number of carbonyl (C=O) groups excluding carboxylic acids is 4. The summed E-state index contributed by atoms with van der Waals surface area (Å²) in [6, 6.07) is 15.4. The van der Waals surface area contributed by atoms with Crippen molar-refractivity contribution >= 4 is 55.7 Å². The lowest BCUT2D eigenvalue weighted by molar-refractivity contribution is -0.172. The Kier molecular flexibility index (Phi) is 13.5. The molecular weight excluding hydrogens is 672 g/mol. The summed E-state index contributed by atoms with van der Waals surface area (Å²) >= 11 is 6.94. The van der Waals surface area contributed by atoms with E-state index < -0.39 is 35.7 Å². The summed E-state index contributed by atoms with van der Waals surface area (Å²) in [7, 11) is 0. The topological polar surface area (TPSA) is 105 Å². The number of carbonyl (C=O) groups is 4. The van der Waals surface area contributed by atoms with Crippen LogP contribution in [-0.2, 0) is 38.1 Å². The Balaban J connectivity index is 1.75. The van der Waals surface area contributed by atoms with E-state index in [4.69, 9.17) is 18.9 Å². The highest BCUT2D eigenvalue weighted by Gasteiger charge is 2.59. The minimum Gasteiger partial charge on any atom is -0.465 e. The van der Waals surface area contributed by atoms with Crippen LogP contribution in [0.15, 0.2) is 82.8 Å². The van der Waals surface area contributed by atoms with Crippen LogP contribution in [0.25, 0.3) is 0 Å². The van der Waals surface area contributed by atoms with E-state index in [2.05, 4.69) is 45.0 Å². The van der Waals surface area contributed by atoms with Crippen molar-refractivity contribution in [3.63, 3.8) is 0 Å². The number of hydrogen-bond acceptors (Lipinski definition) is 8. The molecule has 1 aliphatic carbocycles. The summed E-state index contributed by atoms with van der Waals surface area (Å²) in [5.74, 6) is -4.07. The molecule has 0 heterocycles. The Morgan fingerprint density at radius 2 is 0.881 bits per heavy atom. The lowest BCUT2D eigenvalue weighted by Crippen LogP contribution is -2.52. The number of benzene rings is 2. The molecule has 42 heavy (non-hydrogen) atoms. The Morgan fingerprint density at radius 1 is 0.571 bits per heavy atom. The number of ether oxygens (including phenoxy) is 4. The molecule has 0 unspecified atom stereocenters. The maximum absolute atomic E-state index is 13.5. The molecule has 0 amide bonds. The molecule has 2 aromatic carbocycles. The molecule has 0 saturated heterocycles. The minimum absolute atomic E-state index is 0.127. The fourth-order valence-corrected chi connectivity index (χ4v) is 5.47. The van der Waals surface area contributed by atoms with E-state index in [-0.39, 0.29) is 38.3 Å². The molecule has 1 aliphatic rings. The van der Waals surface area contributed by atoms with Crippen LogP contribution >= 0.6 is 31.9 Å². The number of esters is 4. The summed E-state index contributed by atoms with van der Waals surface area (Å²) in [6.45, 7) is 7.36. The van der Waals surface area contributed by atoms with Gasteiger partial charge in [-0.25, -0.2) is 9.59 Å². The Hall–Kier alpha value is -3.24. The molecule has 0 radical (unpaired) electrons. The SMILES string of the molecule is C=CC(=O)OCCCCOC(=O)[C@@H]1[C@H](C(=O)OCCCCOC(=O)C=C)[C@@H](c2ccc(Br)cc2)[C@H]1c1ccc(Br)cc1. The van der Waals surface area contributed by atoms with Gasteiger partial charge >= 0.3 is 23.9 Å². The van der Waals surface area contributed by atoms with E-state index in [1.165, 1.54) is 0 Å². The van der Waals surface area contributed by atoms with Gasteiger partial charge in [0.2, 0.25) is 0 Å². The van der Waals surface area contributed by atoms with Gasteiger partial charge in [-0.05, 0) is 61.1 Å². The van der Waals surface area contributed by atoms with Crippen LogP contribution in [0.4, 0.5) is 0 Å². The predicted octanol–water partition coefficient (Wildman–Crippen LogP) is 6.43. The van der Waals surface area contributed by atoms with E-state index in [9.17, 15) is 19.2 Å².